The highest BCUT2D eigenvalue weighted by Gasteiger charge is 2.40. The number of carbonyl (C=O) groups is 2. The first-order chi connectivity index (χ1) is 16.0. The maximum Gasteiger partial charge on any atom is 0.307 e. The molecule has 2 aromatic carbocycles. The van der Waals surface area contributed by atoms with Gasteiger partial charge >= 0.3 is 5.97 Å². The predicted octanol–water partition coefficient (Wildman–Crippen LogP) is 5.47. The van der Waals surface area contributed by atoms with Crippen molar-refractivity contribution in [2.24, 2.45) is 11.8 Å². The largest absolute Gasteiger partial charge is 0.457 e. The van der Waals surface area contributed by atoms with Crippen molar-refractivity contribution < 1.29 is 14.3 Å². The van der Waals surface area contributed by atoms with Crippen LogP contribution in [0.4, 0.5) is 0 Å². The molecule has 0 saturated carbocycles. The van der Waals surface area contributed by atoms with Gasteiger partial charge in [0.05, 0.1) is 24.0 Å². The molecule has 2 atom stereocenters. The second-order valence-electron chi connectivity index (χ2n) is 9.16. The quantitative estimate of drug-likeness (QED) is 0.484. The third-order valence-electron chi connectivity index (χ3n) is 6.83. The number of Topliss-reactive ketones (excluding diaryl/α,β-unsaturated/α-hetero) is 1. The van der Waals surface area contributed by atoms with Crippen LogP contribution in [-0.4, -0.2) is 29.7 Å². The van der Waals surface area contributed by atoms with Gasteiger partial charge in [-0.05, 0) is 80.1 Å². The Hall–Kier alpha value is -2.68. The molecule has 172 valence electrons. The summed E-state index contributed by atoms with van der Waals surface area (Å²) >= 11 is 6.10. The van der Waals surface area contributed by atoms with E-state index in [9.17, 15) is 9.59 Å². The maximum absolute atomic E-state index is 12.9. The van der Waals surface area contributed by atoms with Crippen LogP contribution in [0.3, 0.4) is 0 Å². The van der Waals surface area contributed by atoms with Crippen molar-refractivity contribution in [2.45, 2.75) is 51.2 Å². The number of cyclic esters (lactones) is 1. The van der Waals surface area contributed by atoms with E-state index < -0.39 is 12.0 Å². The van der Waals surface area contributed by atoms with Gasteiger partial charge in [-0.15, -0.1) is 0 Å². The van der Waals surface area contributed by atoms with Gasteiger partial charge in [0.15, 0.2) is 0 Å². The molecule has 5 nitrogen and oxygen atoms in total. The summed E-state index contributed by atoms with van der Waals surface area (Å²) in [6.45, 7) is 3.06. The number of esters is 1. The number of ketones is 1. The number of nitrogens with zero attached hydrogens (tertiary/aromatic N) is 2. The SMILES string of the molecule is N#Cc1ccc([C@H]2OC(=O)C[C@@H]2C(=O)CCCC2CCN(Cc3cccc(Cl)c3)CC2)cc1. The van der Waals surface area contributed by atoms with Gasteiger partial charge in [-0.25, -0.2) is 0 Å². The number of piperidine rings is 1. The van der Waals surface area contributed by atoms with Crippen molar-refractivity contribution in [3.8, 4) is 6.07 Å². The van der Waals surface area contributed by atoms with Gasteiger partial charge < -0.3 is 4.74 Å². The first-order valence-electron chi connectivity index (χ1n) is 11.7. The molecule has 0 spiro atoms. The van der Waals surface area contributed by atoms with E-state index in [4.69, 9.17) is 21.6 Å². The fraction of sp³-hybridized carbons (Fsp3) is 0.444. The molecule has 33 heavy (non-hydrogen) atoms. The average Bonchev–Trinajstić information content (AvgIpc) is 3.22. The van der Waals surface area contributed by atoms with E-state index in [1.807, 2.05) is 18.2 Å². The van der Waals surface area contributed by atoms with Crippen LogP contribution < -0.4 is 0 Å². The van der Waals surface area contributed by atoms with Crippen LogP contribution in [0.25, 0.3) is 0 Å². The summed E-state index contributed by atoms with van der Waals surface area (Å²) < 4.78 is 5.46. The number of nitriles is 1. The van der Waals surface area contributed by atoms with Crippen molar-refractivity contribution in [3.63, 3.8) is 0 Å². The van der Waals surface area contributed by atoms with Crippen molar-refractivity contribution >= 4 is 23.4 Å². The zero-order chi connectivity index (χ0) is 23.2. The minimum atomic E-state index is -0.535. The fourth-order valence-corrected chi connectivity index (χ4v) is 5.18. The zero-order valence-electron chi connectivity index (χ0n) is 18.7. The molecule has 0 bridgehead atoms. The minimum absolute atomic E-state index is 0.105. The summed E-state index contributed by atoms with van der Waals surface area (Å²) in [5.74, 6) is -0.00226. The van der Waals surface area contributed by atoms with E-state index in [1.54, 1.807) is 24.3 Å². The van der Waals surface area contributed by atoms with Gasteiger partial charge in [0.25, 0.3) is 0 Å². The first kappa shape index (κ1) is 23.5. The van der Waals surface area contributed by atoms with Crippen LogP contribution in [0.2, 0.25) is 5.02 Å². The number of rotatable bonds is 8. The zero-order valence-corrected chi connectivity index (χ0v) is 19.5. The van der Waals surface area contributed by atoms with E-state index in [0.29, 0.717) is 17.9 Å². The highest BCUT2D eigenvalue weighted by atomic mass is 35.5. The molecule has 0 radical (unpaired) electrons. The van der Waals surface area contributed by atoms with Gasteiger partial charge in [0.1, 0.15) is 11.9 Å². The highest BCUT2D eigenvalue weighted by molar-refractivity contribution is 6.30. The second kappa shape index (κ2) is 11.0. The summed E-state index contributed by atoms with van der Waals surface area (Å²) in [6.07, 6.45) is 4.28. The molecule has 0 amide bonds. The minimum Gasteiger partial charge on any atom is -0.457 e. The summed E-state index contributed by atoms with van der Waals surface area (Å²) in [4.78, 5) is 27.3. The Labute approximate surface area is 200 Å². The maximum atomic E-state index is 12.9. The molecule has 0 N–H and O–H groups in total. The van der Waals surface area contributed by atoms with E-state index >= 15 is 0 Å². The molecule has 0 unspecified atom stereocenters. The Morgan fingerprint density at radius 1 is 1.15 bits per heavy atom. The van der Waals surface area contributed by atoms with Gasteiger partial charge in [-0.3, -0.25) is 14.5 Å². The van der Waals surface area contributed by atoms with Crippen LogP contribution >= 0.6 is 11.6 Å². The molecule has 0 aromatic heterocycles. The van der Waals surface area contributed by atoms with Crippen LogP contribution in [0.5, 0.6) is 0 Å². The Kier molecular flexibility index (Phi) is 7.80. The van der Waals surface area contributed by atoms with Crippen molar-refractivity contribution in [1.82, 2.24) is 4.90 Å². The molecule has 2 aliphatic heterocycles. The number of likely N-dealkylation sites (tertiary alicyclic amines) is 1. The van der Waals surface area contributed by atoms with Gasteiger partial charge in [0.2, 0.25) is 0 Å². The van der Waals surface area contributed by atoms with E-state index in [0.717, 1.165) is 55.9 Å². The molecule has 2 heterocycles. The molecule has 2 fully saturated rings. The molecule has 2 aliphatic rings. The molecule has 0 aliphatic carbocycles. The van der Waals surface area contributed by atoms with Crippen molar-refractivity contribution in [2.75, 3.05) is 13.1 Å². The first-order valence-corrected chi connectivity index (χ1v) is 12.1. The molecule has 2 aromatic rings. The lowest BCUT2D eigenvalue weighted by Gasteiger charge is -2.32. The van der Waals surface area contributed by atoms with Crippen LogP contribution in [0.1, 0.15) is 61.3 Å². The molecule has 4 rings (SSSR count). The normalized spacial score (nSPS) is 21.5. The third kappa shape index (κ3) is 6.22. The Bertz CT molecular complexity index is 1020. The summed E-state index contributed by atoms with van der Waals surface area (Å²) in [5.41, 5.74) is 2.58. The van der Waals surface area contributed by atoms with E-state index in [-0.39, 0.29) is 18.2 Å². The number of halogens is 1. The van der Waals surface area contributed by atoms with Crippen molar-refractivity contribution in [3.05, 3.63) is 70.2 Å². The predicted molar refractivity (Wildman–Crippen MR) is 126 cm³/mol. The highest BCUT2D eigenvalue weighted by Crippen LogP contribution is 2.37. The molecular weight excluding hydrogens is 436 g/mol. The van der Waals surface area contributed by atoms with Gasteiger partial charge in [0, 0.05) is 18.0 Å². The lowest BCUT2D eigenvalue weighted by Crippen LogP contribution is -2.33. The number of hydrogen-bond acceptors (Lipinski definition) is 5. The van der Waals surface area contributed by atoms with Crippen LogP contribution in [0, 0.1) is 23.2 Å². The standard InChI is InChI=1S/C27H29ClN2O3/c28-23-5-1-4-21(15-23)18-30-13-11-19(12-14-30)3-2-6-25(31)24-16-26(32)33-27(24)22-9-7-20(17-29)8-10-22/h1,4-5,7-10,15,19,24,27H,2-3,6,11-14,16,18H2/t24-,27-/m1/s1. The fourth-order valence-electron chi connectivity index (χ4n) is 4.97. The Morgan fingerprint density at radius 3 is 2.61 bits per heavy atom. The lowest BCUT2D eigenvalue weighted by molar-refractivity contribution is -0.141. The molecule has 2 saturated heterocycles. The smallest absolute Gasteiger partial charge is 0.307 e. The van der Waals surface area contributed by atoms with E-state index in [1.165, 1.54) is 5.56 Å². The van der Waals surface area contributed by atoms with Gasteiger partial charge in [-0.2, -0.15) is 5.26 Å². The topological polar surface area (TPSA) is 70.4 Å². The van der Waals surface area contributed by atoms with Crippen LogP contribution in [0.15, 0.2) is 48.5 Å². The number of benzene rings is 2. The average molecular weight is 465 g/mol. The number of hydrogen-bond donors (Lipinski definition) is 0. The second-order valence-corrected chi connectivity index (χ2v) is 9.60. The molecule has 6 heteroatoms. The third-order valence-corrected chi connectivity index (χ3v) is 7.07. The Morgan fingerprint density at radius 2 is 1.91 bits per heavy atom. The summed E-state index contributed by atoms with van der Waals surface area (Å²) in [6, 6.07) is 17.1. The van der Waals surface area contributed by atoms with Gasteiger partial charge in [-0.1, -0.05) is 35.9 Å². The summed E-state index contributed by atoms with van der Waals surface area (Å²) in [5, 5.41) is 9.75. The number of carbonyl (C=O) groups excluding carboxylic acids is 2. The molecular formula is C27H29ClN2O3. The van der Waals surface area contributed by atoms with Crippen molar-refractivity contribution in [1.29, 1.82) is 5.26 Å². The summed E-state index contributed by atoms with van der Waals surface area (Å²) in [7, 11) is 0. The van der Waals surface area contributed by atoms with E-state index in [2.05, 4.69) is 17.0 Å². The monoisotopic (exact) mass is 464 g/mol. The van der Waals surface area contributed by atoms with Crippen LogP contribution in [-0.2, 0) is 20.9 Å². The lowest BCUT2D eigenvalue weighted by atomic mass is 9.86. The number of ether oxygens (including phenoxy) is 1. The Balaban J connectivity index is 1.22.